The maximum atomic E-state index is 11.3. The number of hydrogen-bond donors (Lipinski definition) is 3. The van der Waals surface area contributed by atoms with Crippen molar-refractivity contribution in [2.24, 2.45) is 0 Å². The van der Waals surface area contributed by atoms with Gasteiger partial charge in [0, 0.05) is 7.05 Å². The van der Waals surface area contributed by atoms with Crippen molar-refractivity contribution in [3.63, 3.8) is 0 Å². The number of hydrogen-bond acceptors (Lipinski definition) is 8. The van der Waals surface area contributed by atoms with Crippen molar-refractivity contribution in [2.45, 2.75) is 0 Å². The smallest absolute Gasteiger partial charge is 0.337 e. The Labute approximate surface area is 130 Å². The molecule has 0 saturated carbocycles. The molecule has 116 valence electrons. The Balaban J connectivity index is 2.12. The van der Waals surface area contributed by atoms with Crippen molar-refractivity contribution in [1.29, 1.82) is 0 Å². The third-order valence-corrected chi connectivity index (χ3v) is 3.28. The van der Waals surface area contributed by atoms with E-state index in [2.05, 4.69) is 19.9 Å². The SMILES string of the molecule is CN(c1cnc2nc(N)nc(N)c2n1)c1ccccc1C(=O)O. The van der Waals surface area contributed by atoms with E-state index in [4.69, 9.17) is 11.5 Å². The Hall–Kier alpha value is -3.49. The van der Waals surface area contributed by atoms with Crippen molar-refractivity contribution in [3.8, 4) is 0 Å². The molecule has 0 unspecified atom stereocenters. The second kappa shape index (κ2) is 5.37. The zero-order valence-corrected chi connectivity index (χ0v) is 12.1. The third-order valence-electron chi connectivity index (χ3n) is 3.28. The van der Waals surface area contributed by atoms with Crippen molar-refractivity contribution in [2.75, 3.05) is 23.4 Å². The van der Waals surface area contributed by atoms with Crippen LogP contribution in [0.15, 0.2) is 30.5 Å². The van der Waals surface area contributed by atoms with Gasteiger partial charge in [-0.3, -0.25) is 0 Å². The van der Waals surface area contributed by atoms with Crippen LogP contribution in [0.3, 0.4) is 0 Å². The lowest BCUT2D eigenvalue weighted by atomic mass is 10.1. The number of fused-ring (bicyclic) bond motifs is 1. The summed E-state index contributed by atoms with van der Waals surface area (Å²) in [6, 6.07) is 6.59. The highest BCUT2D eigenvalue weighted by molar-refractivity contribution is 5.95. The number of nitrogen functional groups attached to an aromatic ring is 2. The molecule has 2 heterocycles. The number of aromatic nitrogens is 4. The molecule has 23 heavy (non-hydrogen) atoms. The highest BCUT2D eigenvalue weighted by Gasteiger charge is 2.16. The highest BCUT2D eigenvalue weighted by Crippen LogP contribution is 2.27. The van der Waals surface area contributed by atoms with Crippen LogP contribution in [-0.4, -0.2) is 38.1 Å². The van der Waals surface area contributed by atoms with Gasteiger partial charge in [0.15, 0.2) is 22.8 Å². The van der Waals surface area contributed by atoms with E-state index in [0.29, 0.717) is 17.0 Å². The molecule has 1 aromatic carbocycles. The number of rotatable bonds is 3. The molecule has 0 spiro atoms. The molecular formula is C14H13N7O2. The van der Waals surface area contributed by atoms with Crippen LogP contribution in [0.25, 0.3) is 11.2 Å². The first-order chi connectivity index (χ1) is 11.0. The van der Waals surface area contributed by atoms with E-state index in [1.165, 1.54) is 12.3 Å². The predicted molar refractivity (Wildman–Crippen MR) is 85.4 cm³/mol. The fourth-order valence-electron chi connectivity index (χ4n) is 2.17. The summed E-state index contributed by atoms with van der Waals surface area (Å²) in [5.41, 5.74) is 12.5. The predicted octanol–water partition coefficient (Wildman–Crippen LogP) is 1.05. The van der Waals surface area contributed by atoms with Gasteiger partial charge in [-0.25, -0.2) is 14.8 Å². The molecule has 0 aliphatic carbocycles. The minimum absolute atomic E-state index is 0.0154. The average Bonchev–Trinajstić information content (AvgIpc) is 2.53. The van der Waals surface area contributed by atoms with Gasteiger partial charge >= 0.3 is 5.97 Å². The van der Waals surface area contributed by atoms with E-state index in [-0.39, 0.29) is 23.0 Å². The number of benzene rings is 1. The topological polar surface area (TPSA) is 144 Å². The fraction of sp³-hybridized carbons (Fsp3) is 0.0714. The first kappa shape index (κ1) is 14.4. The molecular weight excluding hydrogens is 298 g/mol. The van der Waals surface area contributed by atoms with Crippen molar-refractivity contribution in [1.82, 2.24) is 19.9 Å². The Morgan fingerprint density at radius 2 is 1.91 bits per heavy atom. The van der Waals surface area contributed by atoms with Gasteiger partial charge in [0.1, 0.15) is 0 Å². The third kappa shape index (κ3) is 2.55. The summed E-state index contributed by atoms with van der Waals surface area (Å²) < 4.78 is 0. The van der Waals surface area contributed by atoms with Crippen LogP contribution < -0.4 is 16.4 Å². The van der Waals surface area contributed by atoms with Gasteiger partial charge in [-0.2, -0.15) is 9.97 Å². The molecule has 0 bridgehead atoms. The van der Waals surface area contributed by atoms with Crippen molar-refractivity contribution in [3.05, 3.63) is 36.0 Å². The van der Waals surface area contributed by atoms with Gasteiger partial charge in [-0.05, 0) is 12.1 Å². The fourth-order valence-corrected chi connectivity index (χ4v) is 2.17. The second-order valence-electron chi connectivity index (χ2n) is 4.75. The normalized spacial score (nSPS) is 10.7. The first-order valence-corrected chi connectivity index (χ1v) is 6.59. The van der Waals surface area contributed by atoms with Crippen molar-refractivity contribution >= 4 is 40.4 Å². The van der Waals surface area contributed by atoms with Crippen LogP contribution in [0, 0.1) is 0 Å². The van der Waals surface area contributed by atoms with Crippen LogP contribution in [-0.2, 0) is 0 Å². The number of anilines is 4. The van der Waals surface area contributed by atoms with Crippen LogP contribution >= 0.6 is 0 Å². The Kier molecular flexibility index (Phi) is 3.37. The number of para-hydroxylation sites is 1. The van der Waals surface area contributed by atoms with Crippen LogP contribution in [0.5, 0.6) is 0 Å². The molecule has 3 aromatic rings. The summed E-state index contributed by atoms with van der Waals surface area (Å²) in [6.07, 6.45) is 1.47. The monoisotopic (exact) mass is 311 g/mol. The van der Waals surface area contributed by atoms with Crippen LogP contribution in [0.4, 0.5) is 23.3 Å². The first-order valence-electron chi connectivity index (χ1n) is 6.59. The summed E-state index contributed by atoms with van der Waals surface area (Å²) in [7, 11) is 1.69. The number of nitrogens with two attached hydrogens (primary N) is 2. The lowest BCUT2D eigenvalue weighted by molar-refractivity contribution is 0.0697. The van der Waals surface area contributed by atoms with Gasteiger partial charge in [0.2, 0.25) is 5.95 Å². The van der Waals surface area contributed by atoms with Crippen molar-refractivity contribution < 1.29 is 9.90 Å². The lowest BCUT2D eigenvalue weighted by Gasteiger charge is -2.20. The molecule has 3 rings (SSSR count). The number of carbonyl (C=O) groups is 1. The number of aromatic carboxylic acids is 1. The van der Waals surface area contributed by atoms with Crippen LogP contribution in [0.2, 0.25) is 0 Å². The molecule has 0 aliphatic rings. The summed E-state index contributed by atoms with van der Waals surface area (Å²) in [5.74, 6) is -0.494. The summed E-state index contributed by atoms with van der Waals surface area (Å²) in [4.78, 5) is 29.3. The highest BCUT2D eigenvalue weighted by atomic mass is 16.4. The molecule has 2 aromatic heterocycles. The number of carboxylic acid groups (broad SMARTS) is 1. The molecule has 9 nitrogen and oxygen atoms in total. The summed E-state index contributed by atoms with van der Waals surface area (Å²) in [6.45, 7) is 0. The molecule has 0 radical (unpaired) electrons. The van der Waals surface area contributed by atoms with E-state index in [0.717, 1.165) is 0 Å². The minimum atomic E-state index is -1.03. The zero-order chi connectivity index (χ0) is 16.6. The van der Waals surface area contributed by atoms with Gasteiger partial charge in [0.25, 0.3) is 0 Å². The van der Waals surface area contributed by atoms with Gasteiger partial charge in [0.05, 0.1) is 17.4 Å². The molecule has 0 fully saturated rings. The van der Waals surface area contributed by atoms with Crippen LogP contribution in [0.1, 0.15) is 10.4 Å². The lowest BCUT2D eigenvalue weighted by Crippen LogP contribution is -2.16. The summed E-state index contributed by atoms with van der Waals surface area (Å²) in [5, 5.41) is 9.29. The minimum Gasteiger partial charge on any atom is -0.478 e. The maximum Gasteiger partial charge on any atom is 0.337 e. The van der Waals surface area contributed by atoms with E-state index >= 15 is 0 Å². The van der Waals surface area contributed by atoms with Gasteiger partial charge in [-0.15, -0.1) is 0 Å². The van der Waals surface area contributed by atoms with Gasteiger partial charge < -0.3 is 21.5 Å². The van der Waals surface area contributed by atoms with E-state index in [1.54, 1.807) is 30.1 Å². The molecule has 5 N–H and O–H groups in total. The van der Waals surface area contributed by atoms with E-state index < -0.39 is 5.97 Å². The number of carboxylic acids is 1. The summed E-state index contributed by atoms with van der Waals surface area (Å²) >= 11 is 0. The van der Waals surface area contributed by atoms with E-state index in [1.807, 2.05) is 0 Å². The molecule has 0 aliphatic heterocycles. The molecule has 0 amide bonds. The van der Waals surface area contributed by atoms with E-state index in [9.17, 15) is 9.90 Å². The standard InChI is InChI=1S/C14H13N7O2/c1-21(8-5-3-2-4-7(8)13(22)23)9-6-17-12-10(18-9)11(15)19-14(16)20-12/h2-6H,1H3,(H,22,23)(H4,15,16,17,19,20). The Morgan fingerprint density at radius 1 is 1.17 bits per heavy atom. The maximum absolute atomic E-state index is 11.3. The Morgan fingerprint density at radius 3 is 2.65 bits per heavy atom. The average molecular weight is 311 g/mol. The quantitative estimate of drug-likeness (QED) is 0.646. The van der Waals surface area contributed by atoms with Gasteiger partial charge in [-0.1, -0.05) is 12.1 Å². The molecule has 0 saturated heterocycles. The molecule has 9 heteroatoms. The Bertz CT molecular complexity index is 913. The largest absolute Gasteiger partial charge is 0.478 e. The number of nitrogens with zero attached hydrogens (tertiary/aromatic N) is 5. The zero-order valence-electron chi connectivity index (χ0n) is 12.1. The second-order valence-corrected chi connectivity index (χ2v) is 4.75. The molecule has 0 atom stereocenters.